The predicted molar refractivity (Wildman–Crippen MR) is 105 cm³/mol. The van der Waals surface area contributed by atoms with Gasteiger partial charge in [0.2, 0.25) is 0 Å². The third-order valence-corrected chi connectivity index (χ3v) is 3.70. The summed E-state index contributed by atoms with van der Waals surface area (Å²) in [6, 6.07) is 5.80. The number of hydrogen-bond donors (Lipinski definition) is 2. The number of hydrogen-bond acceptors (Lipinski definition) is 4. The van der Waals surface area contributed by atoms with Crippen LogP contribution in [0, 0.1) is 0 Å². The molecule has 1 aliphatic carbocycles. The van der Waals surface area contributed by atoms with Gasteiger partial charge in [0, 0.05) is 19.6 Å². The highest BCUT2D eigenvalue weighted by Gasteiger charge is 2.14. The van der Waals surface area contributed by atoms with E-state index in [0.717, 1.165) is 24.4 Å². The zero-order chi connectivity index (χ0) is 16.7. The number of nitrogens with zero attached hydrogens (tertiary/aromatic N) is 1. The van der Waals surface area contributed by atoms with Crippen LogP contribution in [0.15, 0.2) is 35.3 Å². The van der Waals surface area contributed by atoms with Crippen LogP contribution >= 0.6 is 24.0 Å². The van der Waals surface area contributed by atoms with Gasteiger partial charge in [-0.1, -0.05) is 18.2 Å². The fourth-order valence-corrected chi connectivity index (χ4v) is 2.43. The molecular weight excluding hydrogens is 421 g/mol. The smallest absolute Gasteiger partial charge is 0.341 e. The third-order valence-electron chi connectivity index (χ3n) is 3.70. The van der Waals surface area contributed by atoms with Crippen LogP contribution in [0.4, 0.5) is 0 Å². The fraction of sp³-hybridized carbons (Fsp3) is 0.412. The monoisotopic (exact) mass is 445 g/mol. The maximum Gasteiger partial charge on any atom is 0.341 e. The topological polar surface area (TPSA) is 72.0 Å². The maximum atomic E-state index is 11.7. The zero-order valence-corrected chi connectivity index (χ0v) is 16.5. The zero-order valence-electron chi connectivity index (χ0n) is 14.2. The lowest BCUT2D eigenvalue weighted by molar-refractivity contribution is 0.0597. The summed E-state index contributed by atoms with van der Waals surface area (Å²) >= 11 is 0. The molecule has 0 atom stereocenters. The van der Waals surface area contributed by atoms with E-state index in [2.05, 4.69) is 27.8 Å². The Morgan fingerprint density at radius 1 is 1.29 bits per heavy atom. The van der Waals surface area contributed by atoms with Crippen molar-refractivity contribution in [1.82, 2.24) is 10.6 Å². The number of methoxy groups -OCH3 is 2. The molecule has 2 rings (SSSR count). The minimum atomic E-state index is -0.410. The lowest BCUT2D eigenvalue weighted by atomic mass is 10.1. The normalized spacial score (nSPS) is 14.0. The Morgan fingerprint density at radius 3 is 2.58 bits per heavy atom. The Hall–Kier alpha value is -1.77. The van der Waals surface area contributed by atoms with E-state index in [-0.39, 0.29) is 24.0 Å². The number of carbonyl (C=O) groups is 1. The van der Waals surface area contributed by atoms with Gasteiger partial charge in [-0.15, -0.1) is 24.0 Å². The van der Waals surface area contributed by atoms with Crippen LogP contribution in [0.25, 0.3) is 0 Å². The number of ether oxygens (including phenoxy) is 2. The van der Waals surface area contributed by atoms with Crippen molar-refractivity contribution in [2.45, 2.75) is 25.4 Å². The molecule has 0 saturated carbocycles. The summed E-state index contributed by atoms with van der Waals surface area (Å²) in [5.41, 5.74) is 1.40. The molecular formula is C17H24IN3O3. The summed E-state index contributed by atoms with van der Waals surface area (Å²) in [6.07, 6.45) is 6.37. The van der Waals surface area contributed by atoms with Gasteiger partial charge < -0.3 is 20.1 Å². The van der Waals surface area contributed by atoms with Crippen molar-refractivity contribution < 1.29 is 14.3 Å². The number of halogens is 1. The molecule has 0 radical (unpaired) electrons. The van der Waals surface area contributed by atoms with E-state index in [4.69, 9.17) is 9.47 Å². The Morgan fingerprint density at radius 2 is 2.00 bits per heavy atom. The van der Waals surface area contributed by atoms with Crippen LogP contribution in [0.1, 0.15) is 28.8 Å². The second-order valence-electron chi connectivity index (χ2n) is 5.24. The number of guanidine groups is 1. The molecule has 0 saturated heterocycles. The predicted octanol–water partition coefficient (Wildman–Crippen LogP) is 2.48. The molecule has 0 aromatic heterocycles. The van der Waals surface area contributed by atoms with Crippen molar-refractivity contribution >= 4 is 35.9 Å². The highest BCUT2D eigenvalue weighted by molar-refractivity contribution is 14.0. The quantitative estimate of drug-likeness (QED) is 0.240. The minimum Gasteiger partial charge on any atom is -0.496 e. The van der Waals surface area contributed by atoms with Crippen LogP contribution in [-0.2, 0) is 11.3 Å². The lowest BCUT2D eigenvalue weighted by Crippen LogP contribution is -2.42. The van der Waals surface area contributed by atoms with Crippen molar-refractivity contribution in [1.29, 1.82) is 0 Å². The Bertz CT molecular complexity index is 609. The average molecular weight is 445 g/mol. The molecule has 0 aliphatic heterocycles. The van der Waals surface area contributed by atoms with Gasteiger partial charge in [-0.05, 0) is 30.5 Å². The number of nitrogens with one attached hydrogen (secondary N) is 2. The molecule has 0 unspecified atom stereocenters. The van der Waals surface area contributed by atoms with Gasteiger partial charge in [-0.25, -0.2) is 4.79 Å². The van der Waals surface area contributed by atoms with Gasteiger partial charge in [0.05, 0.1) is 14.2 Å². The summed E-state index contributed by atoms with van der Waals surface area (Å²) in [7, 11) is 4.63. The molecule has 2 N–H and O–H groups in total. The molecule has 0 heterocycles. The lowest BCUT2D eigenvalue weighted by Gasteiger charge is -2.17. The molecule has 1 aromatic rings. The van der Waals surface area contributed by atoms with Crippen LogP contribution in [0.2, 0.25) is 0 Å². The van der Waals surface area contributed by atoms with E-state index in [1.807, 2.05) is 12.1 Å². The maximum absolute atomic E-state index is 11.7. The standard InChI is InChI=1S/C17H23N3O3.HI/c1-18-17(20-13-6-4-5-7-13)19-11-12-8-9-14(16(21)23-3)15(10-12)22-2;/h4-5,8-10,13H,6-7,11H2,1-3H3,(H2,18,19,20);1H. The molecule has 132 valence electrons. The van der Waals surface area contributed by atoms with Gasteiger partial charge in [0.25, 0.3) is 0 Å². The Labute approximate surface area is 159 Å². The van der Waals surface area contributed by atoms with Crippen molar-refractivity contribution in [3.05, 3.63) is 41.5 Å². The summed E-state index contributed by atoms with van der Waals surface area (Å²) < 4.78 is 10.0. The number of carbonyl (C=O) groups excluding carboxylic acids is 1. The van der Waals surface area contributed by atoms with Crippen molar-refractivity contribution in [2.24, 2.45) is 4.99 Å². The van der Waals surface area contributed by atoms with Gasteiger partial charge in [-0.2, -0.15) is 0 Å². The van der Waals surface area contributed by atoms with E-state index in [1.165, 1.54) is 14.2 Å². The second-order valence-corrected chi connectivity index (χ2v) is 5.24. The van der Waals surface area contributed by atoms with E-state index in [0.29, 0.717) is 23.9 Å². The van der Waals surface area contributed by atoms with Crippen molar-refractivity contribution in [3.8, 4) is 5.75 Å². The van der Waals surface area contributed by atoms with Gasteiger partial charge in [0.15, 0.2) is 5.96 Å². The molecule has 0 spiro atoms. The highest BCUT2D eigenvalue weighted by atomic mass is 127. The Kier molecular flexibility index (Phi) is 8.59. The van der Waals surface area contributed by atoms with Crippen molar-refractivity contribution in [2.75, 3.05) is 21.3 Å². The van der Waals surface area contributed by atoms with E-state index < -0.39 is 5.97 Å². The third kappa shape index (κ3) is 5.40. The average Bonchev–Trinajstić information content (AvgIpc) is 3.10. The number of rotatable bonds is 5. The minimum absolute atomic E-state index is 0. The van der Waals surface area contributed by atoms with Crippen LogP contribution in [-0.4, -0.2) is 39.2 Å². The van der Waals surface area contributed by atoms with E-state index in [1.54, 1.807) is 13.1 Å². The molecule has 7 heteroatoms. The van der Waals surface area contributed by atoms with Crippen LogP contribution in [0.5, 0.6) is 5.75 Å². The van der Waals surface area contributed by atoms with Gasteiger partial charge in [0.1, 0.15) is 11.3 Å². The van der Waals surface area contributed by atoms with Gasteiger partial charge in [-0.3, -0.25) is 4.99 Å². The Balaban J connectivity index is 0.00000288. The second kappa shape index (κ2) is 10.2. The van der Waals surface area contributed by atoms with Crippen molar-refractivity contribution in [3.63, 3.8) is 0 Å². The fourth-order valence-electron chi connectivity index (χ4n) is 2.43. The number of aliphatic imine (C=N–C) groups is 1. The van der Waals surface area contributed by atoms with Crippen LogP contribution < -0.4 is 15.4 Å². The molecule has 0 bridgehead atoms. The first-order valence-corrected chi connectivity index (χ1v) is 7.55. The van der Waals surface area contributed by atoms with Gasteiger partial charge >= 0.3 is 5.97 Å². The largest absolute Gasteiger partial charge is 0.496 e. The van der Waals surface area contributed by atoms with E-state index >= 15 is 0 Å². The molecule has 0 amide bonds. The molecule has 24 heavy (non-hydrogen) atoms. The molecule has 1 aromatic carbocycles. The number of esters is 1. The summed E-state index contributed by atoms with van der Waals surface area (Å²) in [4.78, 5) is 15.9. The first-order chi connectivity index (χ1) is 11.2. The summed E-state index contributed by atoms with van der Waals surface area (Å²) in [5.74, 6) is 0.848. The first kappa shape index (κ1) is 20.3. The number of benzene rings is 1. The molecule has 0 fully saturated rings. The summed E-state index contributed by atoms with van der Waals surface area (Å²) in [6.45, 7) is 0.581. The first-order valence-electron chi connectivity index (χ1n) is 7.55. The van der Waals surface area contributed by atoms with E-state index in [9.17, 15) is 4.79 Å². The summed E-state index contributed by atoms with van der Waals surface area (Å²) in [5, 5.41) is 6.64. The van der Waals surface area contributed by atoms with Crippen LogP contribution in [0.3, 0.4) is 0 Å². The molecule has 6 nitrogen and oxygen atoms in total. The SMILES string of the molecule is CN=C(NCc1ccc(C(=O)OC)c(OC)c1)NC1CC=CC1.I. The molecule has 1 aliphatic rings. The highest BCUT2D eigenvalue weighted by Crippen LogP contribution is 2.21.